The van der Waals surface area contributed by atoms with E-state index in [2.05, 4.69) is 29.4 Å². The minimum atomic E-state index is -0.0300. The van der Waals surface area contributed by atoms with Gasteiger partial charge in [-0.3, -0.25) is 0 Å². The summed E-state index contributed by atoms with van der Waals surface area (Å²) in [5, 5.41) is 16.7. The van der Waals surface area contributed by atoms with E-state index in [0.29, 0.717) is 0 Å². The first-order valence-electron chi connectivity index (χ1n) is 7.59. The molecule has 3 aromatic carbocycles. The van der Waals surface area contributed by atoms with E-state index >= 15 is 0 Å². The molecule has 0 aliphatic carbocycles. The molecule has 0 saturated carbocycles. The lowest BCUT2D eigenvalue weighted by atomic mass is 10.1. The number of aliphatic hydroxyl groups excluding tert-OH is 1. The average Bonchev–Trinajstić information content (AvgIpc) is 3.06. The van der Waals surface area contributed by atoms with Crippen molar-refractivity contribution in [3.8, 4) is 16.9 Å². The van der Waals surface area contributed by atoms with Crippen LogP contribution in [0.3, 0.4) is 0 Å². The summed E-state index contributed by atoms with van der Waals surface area (Å²) in [4.78, 5) is 0. The minimum absolute atomic E-state index is 0.0300. The van der Waals surface area contributed by atoms with Crippen molar-refractivity contribution in [2.75, 3.05) is 0 Å². The lowest BCUT2D eigenvalue weighted by molar-refractivity contribution is 0.282. The van der Waals surface area contributed by atoms with Gasteiger partial charge in [0.15, 0.2) is 0 Å². The molecule has 4 aromatic rings. The van der Waals surface area contributed by atoms with E-state index in [1.807, 2.05) is 59.4 Å². The van der Waals surface area contributed by atoms with Crippen molar-refractivity contribution in [2.45, 2.75) is 6.61 Å². The molecule has 112 valence electrons. The smallest absolute Gasteiger partial charge is 0.0982 e. The zero-order valence-corrected chi connectivity index (χ0v) is 12.6. The maximum absolute atomic E-state index is 9.66. The number of nitrogens with zero attached hydrogens (tertiary/aromatic N) is 2. The molecule has 1 heterocycles. The zero-order valence-electron chi connectivity index (χ0n) is 12.6. The van der Waals surface area contributed by atoms with E-state index in [0.717, 1.165) is 22.5 Å². The predicted octanol–water partition coefficient (Wildman–Crippen LogP) is 4.18. The van der Waals surface area contributed by atoms with E-state index in [4.69, 9.17) is 0 Å². The topological polar surface area (TPSA) is 38.0 Å². The summed E-state index contributed by atoms with van der Waals surface area (Å²) in [7, 11) is 0. The lowest BCUT2D eigenvalue weighted by Crippen LogP contribution is -1.94. The monoisotopic (exact) mass is 300 g/mol. The Hall–Kier alpha value is -2.91. The molecule has 0 spiro atoms. The molecular weight excluding hydrogens is 284 g/mol. The van der Waals surface area contributed by atoms with E-state index < -0.39 is 0 Å². The fourth-order valence-electron chi connectivity index (χ4n) is 2.82. The summed E-state index contributed by atoms with van der Waals surface area (Å²) in [5.74, 6) is 0. The maximum Gasteiger partial charge on any atom is 0.0982 e. The molecule has 1 aromatic heterocycles. The molecule has 0 aliphatic rings. The molecule has 0 fully saturated rings. The molecule has 0 aliphatic heterocycles. The molecule has 4 rings (SSSR count). The van der Waals surface area contributed by atoms with Crippen LogP contribution in [0.4, 0.5) is 0 Å². The Morgan fingerprint density at radius 3 is 2.35 bits per heavy atom. The van der Waals surface area contributed by atoms with Crippen molar-refractivity contribution < 1.29 is 5.11 Å². The Balaban J connectivity index is 1.83. The van der Waals surface area contributed by atoms with Gasteiger partial charge in [0, 0.05) is 17.3 Å². The lowest BCUT2D eigenvalue weighted by Gasteiger charge is -2.04. The molecule has 0 saturated heterocycles. The number of rotatable bonds is 3. The van der Waals surface area contributed by atoms with Crippen LogP contribution >= 0.6 is 0 Å². The number of aromatic nitrogens is 2. The fraction of sp³-hybridized carbons (Fsp3) is 0.0500. The van der Waals surface area contributed by atoms with Gasteiger partial charge in [0.05, 0.1) is 18.0 Å². The van der Waals surface area contributed by atoms with Gasteiger partial charge in [0.2, 0.25) is 0 Å². The van der Waals surface area contributed by atoms with Gasteiger partial charge in [-0.15, -0.1) is 0 Å². The van der Waals surface area contributed by atoms with Crippen molar-refractivity contribution in [2.24, 2.45) is 0 Å². The quantitative estimate of drug-likeness (QED) is 0.616. The number of hydrogen-bond acceptors (Lipinski definition) is 2. The Labute approximate surface area is 134 Å². The summed E-state index contributed by atoms with van der Waals surface area (Å²) in [5.41, 5.74) is 3.64. The highest BCUT2D eigenvalue weighted by Gasteiger charge is 2.11. The third kappa shape index (κ3) is 2.51. The molecule has 3 nitrogen and oxygen atoms in total. The Morgan fingerprint density at radius 2 is 1.57 bits per heavy atom. The van der Waals surface area contributed by atoms with Gasteiger partial charge >= 0.3 is 0 Å². The average molecular weight is 300 g/mol. The summed E-state index contributed by atoms with van der Waals surface area (Å²) in [6.07, 6.45) is 1.90. The largest absolute Gasteiger partial charge is 0.392 e. The standard InChI is InChI=1S/C20H16N2O/c23-14-18-13-22(21-20(18)16-7-2-1-3-8-16)19-11-10-15-6-4-5-9-17(15)12-19/h1-13,23H,14H2. The highest BCUT2D eigenvalue weighted by molar-refractivity contribution is 5.84. The summed E-state index contributed by atoms with van der Waals surface area (Å²) in [6, 6.07) is 24.4. The highest BCUT2D eigenvalue weighted by Crippen LogP contribution is 2.25. The normalized spacial score (nSPS) is 11.0. The van der Waals surface area contributed by atoms with Gasteiger partial charge in [0.25, 0.3) is 0 Å². The first kappa shape index (κ1) is 13.7. The van der Waals surface area contributed by atoms with Crippen molar-refractivity contribution in [1.29, 1.82) is 0 Å². The Morgan fingerprint density at radius 1 is 0.826 bits per heavy atom. The van der Waals surface area contributed by atoms with Gasteiger partial charge in [-0.1, -0.05) is 60.7 Å². The number of aliphatic hydroxyl groups is 1. The summed E-state index contributed by atoms with van der Waals surface area (Å²) >= 11 is 0. The van der Waals surface area contributed by atoms with Gasteiger partial charge in [-0.2, -0.15) is 5.10 Å². The van der Waals surface area contributed by atoms with Gasteiger partial charge in [0.1, 0.15) is 0 Å². The van der Waals surface area contributed by atoms with Crippen molar-refractivity contribution in [3.63, 3.8) is 0 Å². The third-order valence-corrected chi connectivity index (χ3v) is 4.01. The van der Waals surface area contributed by atoms with Crippen LogP contribution < -0.4 is 0 Å². The second kappa shape index (κ2) is 5.71. The number of benzene rings is 3. The Kier molecular flexibility index (Phi) is 3.41. The van der Waals surface area contributed by atoms with Crippen LogP contribution in [-0.4, -0.2) is 14.9 Å². The number of fused-ring (bicyclic) bond motifs is 1. The SMILES string of the molecule is OCc1cn(-c2ccc3ccccc3c2)nc1-c1ccccc1. The van der Waals surface area contributed by atoms with Crippen LogP contribution in [0.5, 0.6) is 0 Å². The molecule has 1 N–H and O–H groups in total. The molecule has 0 bridgehead atoms. The van der Waals surface area contributed by atoms with Gasteiger partial charge in [-0.05, 0) is 22.9 Å². The van der Waals surface area contributed by atoms with Crippen LogP contribution in [0.1, 0.15) is 5.56 Å². The minimum Gasteiger partial charge on any atom is -0.392 e. The van der Waals surface area contributed by atoms with E-state index in [-0.39, 0.29) is 6.61 Å². The van der Waals surface area contributed by atoms with Crippen molar-refractivity contribution >= 4 is 10.8 Å². The summed E-state index contributed by atoms with van der Waals surface area (Å²) in [6.45, 7) is -0.0300. The Bertz CT molecular complexity index is 958. The molecule has 0 radical (unpaired) electrons. The highest BCUT2D eigenvalue weighted by atomic mass is 16.3. The summed E-state index contributed by atoms with van der Waals surface area (Å²) < 4.78 is 1.83. The van der Waals surface area contributed by atoms with E-state index in [9.17, 15) is 5.11 Å². The van der Waals surface area contributed by atoms with E-state index in [1.54, 1.807) is 0 Å². The van der Waals surface area contributed by atoms with Crippen LogP contribution in [0.15, 0.2) is 79.0 Å². The molecule has 0 unspecified atom stereocenters. The van der Waals surface area contributed by atoms with E-state index in [1.165, 1.54) is 10.8 Å². The first-order chi connectivity index (χ1) is 11.3. The van der Waals surface area contributed by atoms with Crippen molar-refractivity contribution in [3.05, 3.63) is 84.6 Å². The number of hydrogen-bond donors (Lipinski definition) is 1. The van der Waals surface area contributed by atoms with Crippen LogP contribution in [0, 0.1) is 0 Å². The van der Waals surface area contributed by atoms with Crippen LogP contribution in [-0.2, 0) is 6.61 Å². The maximum atomic E-state index is 9.66. The third-order valence-electron chi connectivity index (χ3n) is 4.01. The molecular formula is C20H16N2O. The van der Waals surface area contributed by atoms with Gasteiger partial charge in [-0.25, -0.2) is 4.68 Å². The first-order valence-corrected chi connectivity index (χ1v) is 7.59. The second-order valence-electron chi connectivity index (χ2n) is 5.50. The van der Waals surface area contributed by atoms with Crippen molar-refractivity contribution in [1.82, 2.24) is 9.78 Å². The van der Waals surface area contributed by atoms with Crippen LogP contribution in [0.25, 0.3) is 27.7 Å². The zero-order chi connectivity index (χ0) is 15.6. The van der Waals surface area contributed by atoms with Crippen LogP contribution in [0.2, 0.25) is 0 Å². The molecule has 0 atom stereocenters. The predicted molar refractivity (Wildman–Crippen MR) is 92.4 cm³/mol. The second-order valence-corrected chi connectivity index (χ2v) is 5.50. The molecule has 0 amide bonds. The molecule has 3 heteroatoms. The van der Waals surface area contributed by atoms with Gasteiger partial charge < -0.3 is 5.11 Å². The fourth-order valence-corrected chi connectivity index (χ4v) is 2.82. The molecule has 23 heavy (non-hydrogen) atoms.